The number of aryl methyl sites for hydroxylation is 2. The van der Waals surface area contributed by atoms with Crippen molar-refractivity contribution in [3.8, 4) is 11.6 Å². The van der Waals surface area contributed by atoms with Crippen LogP contribution in [0.5, 0.6) is 0 Å². The first-order valence-corrected chi connectivity index (χ1v) is 10.4. The first-order valence-electron chi connectivity index (χ1n) is 8.64. The van der Waals surface area contributed by atoms with E-state index >= 15 is 0 Å². The largest absolute Gasteiger partial charge is 0.461 e. The number of nitrogens with zero attached hydrogens (tertiary/aromatic N) is 5. The van der Waals surface area contributed by atoms with E-state index in [1.54, 1.807) is 29.7 Å². The number of fused-ring (bicyclic) bond motifs is 3. The van der Waals surface area contributed by atoms with Crippen LogP contribution in [0.2, 0.25) is 0 Å². The van der Waals surface area contributed by atoms with E-state index in [0.29, 0.717) is 34.1 Å². The second-order valence-corrected chi connectivity index (χ2v) is 8.38. The Balaban J connectivity index is 1.41. The monoisotopic (exact) mass is 399 g/mol. The molecule has 10 heteroatoms. The highest BCUT2D eigenvalue weighted by atomic mass is 32.2. The van der Waals surface area contributed by atoms with Gasteiger partial charge in [0.05, 0.1) is 17.4 Å². The topological polar surface area (TPSA) is 122 Å². The molecule has 4 heterocycles. The Bertz CT molecular complexity index is 1120. The van der Waals surface area contributed by atoms with Crippen LogP contribution < -0.4 is 11.6 Å². The quantitative estimate of drug-likeness (QED) is 0.397. The van der Waals surface area contributed by atoms with Gasteiger partial charge >= 0.3 is 0 Å². The van der Waals surface area contributed by atoms with E-state index in [4.69, 9.17) is 21.0 Å². The van der Waals surface area contributed by atoms with Gasteiger partial charge in [-0.3, -0.25) is 0 Å². The van der Waals surface area contributed by atoms with Crippen LogP contribution in [0.1, 0.15) is 29.1 Å². The summed E-state index contributed by atoms with van der Waals surface area (Å²) in [7, 11) is 0. The molecule has 0 saturated heterocycles. The summed E-state index contributed by atoms with van der Waals surface area (Å²) in [6, 6.07) is 3.57. The maximum atomic E-state index is 6.27. The second-order valence-electron chi connectivity index (χ2n) is 6.36. The normalized spacial score (nSPS) is 13.9. The molecule has 5 rings (SSSR count). The molecule has 0 aromatic carbocycles. The lowest BCUT2D eigenvalue weighted by Gasteiger charge is -2.10. The van der Waals surface area contributed by atoms with Crippen LogP contribution in [0.4, 0.5) is 5.82 Å². The highest BCUT2D eigenvalue weighted by Gasteiger charge is 2.20. The lowest BCUT2D eigenvalue weighted by atomic mass is 9.97. The summed E-state index contributed by atoms with van der Waals surface area (Å²) in [6.07, 6.45) is 6.21. The number of rotatable bonds is 4. The van der Waals surface area contributed by atoms with Crippen molar-refractivity contribution < 1.29 is 4.42 Å². The lowest BCUT2D eigenvalue weighted by molar-refractivity contribution is 0.574. The second kappa shape index (κ2) is 6.54. The number of nitrogens with two attached hydrogens (primary N) is 2. The van der Waals surface area contributed by atoms with E-state index in [2.05, 4.69) is 15.2 Å². The lowest BCUT2D eigenvalue weighted by Crippen LogP contribution is -2.11. The van der Waals surface area contributed by atoms with Crippen molar-refractivity contribution >= 4 is 39.1 Å². The Morgan fingerprint density at radius 2 is 2.11 bits per heavy atom. The van der Waals surface area contributed by atoms with Crippen molar-refractivity contribution in [3.05, 3.63) is 34.7 Å². The van der Waals surface area contributed by atoms with Crippen molar-refractivity contribution in [2.45, 2.75) is 36.6 Å². The number of hydrogen-bond acceptors (Lipinski definition) is 9. The molecule has 0 spiro atoms. The Kier molecular flexibility index (Phi) is 4.01. The highest BCUT2D eigenvalue weighted by molar-refractivity contribution is 7.98. The Morgan fingerprint density at radius 1 is 1.22 bits per heavy atom. The third-order valence-corrected chi connectivity index (χ3v) is 6.75. The van der Waals surface area contributed by atoms with E-state index in [9.17, 15) is 0 Å². The van der Waals surface area contributed by atoms with Crippen molar-refractivity contribution in [1.82, 2.24) is 24.8 Å². The molecule has 8 nitrogen and oxygen atoms in total. The number of aromatic nitrogens is 5. The summed E-state index contributed by atoms with van der Waals surface area (Å²) in [4.78, 5) is 11.6. The van der Waals surface area contributed by atoms with Crippen molar-refractivity contribution in [2.24, 2.45) is 0 Å². The van der Waals surface area contributed by atoms with Gasteiger partial charge in [0.25, 0.3) is 0 Å². The van der Waals surface area contributed by atoms with E-state index in [1.165, 1.54) is 39.7 Å². The molecule has 0 radical (unpaired) electrons. The Morgan fingerprint density at radius 3 is 2.96 bits per heavy atom. The molecule has 138 valence electrons. The van der Waals surface area contributed by atoms with Gasteiger partial charge in [0.2, 0.25) is 11.0 Å². The zero-order chi connectivity index (χ0) is 18.4. The van der Waals surface area contributed by atoms with Crippen LogP contribution in [-0.2, 0) is 18.6 Å². The fourth-order valence-electron chi connectivity index (χ4n) is 3.37. The van der Waals surface area contributed by atoms with Gasteiger partial charge in [-0.1, -0.05) is 11.8 Å². The van der Waals surface area contributed by atoms with Crippen LogP contribution in [0.25, 0.3) is 21.8 Å². The molecule has 0 amide bonds. The number of furan rings is 1. The number of nitrogen functional groups attached to an aromatic ring is 2. The molecule has 4 N–H and O–H groups in total. The molecule has 0 aliphatic heterocycles. The molecular formula is C17H17N7OS2. The average Bonchev–Trinajstić information content (AvgIpc) is 3.38. The summed E-state index contributed by atoms with van der Waals surface area (Å²) in [5.41, 5.74) is 7.62. The van der Waals surface area contributed by atoms with Crippen LogP contribution in [0, 0.1) is 0 Å². The molecular weight excluding hydrogens is 382 g/mol. The van der Waals surface area contributed by atoms with Crippen LogP contribution in [-0.4, -0.2) is 24.8 Å². The van der Waals surface area contributed by atoms with Gasteiger partial charge < -0.3 is 16.0 Å². The van der Waals surface area contributed by atoms with Crippen LogP contribution in [0.3, 0.4) is 0 Å². The zero-order valence-electron chi connectivity index (χ0n) is 14.4. The summed E-state index contributed by atoms with van der Waals surface area (Å²) in [5, 5.41) is 9.83. The van der Waals surface area contributed by atoms with Gasteiger partial charge in [-0.05, 0) is 43.4 Å². The van der Waals surface area contributed by atoms with Crippen molar-refractivity contribution in [3.63, 3.8) is 0 Å². The molecule has 0 atom stereocenters. The predicted molar refractivity (Wildman–Crippen MR) is 106 cm³/mol. The highest BCUT2D eigenvalue weighted by Crippen LogP contribution is 2.38. The number of thioether (sulfide) groups is 1. The first kappa shape index (κ1) is 16.6. The van der Waals surface area contributed by atoms with Gasteiger partial charge in [0, 0.05) is 4.88 Å². The molecule has 0 bridgehead atoms. The molecule has 1 aliphatic rings. The maximum Gasteiger partial charge on any atom is 0.218 e. The van der Waals surface area contributed by atoms with Crippen molar-refractivity contribution in [1.29, 1.82) is 0 Å². The van der Waals surface area contributed by atoms with E-state index in [-0.39, 0.29) is 0 Å². The van der Waals surface area contributed by atoms with Gasteiger partial charge in [-0.2, -0.15) is 0 Å². The minimum Gasteiger partial charge on any atom is -0.461 e. The van der Waals surface area contributed by atoms with Crippen LogP contribution in [0.15, 0.2) is 28.0 Å². The van der Waals surface area contributed by atoms with Crippen LogP contribution >= 0.6 is 23.1 Å². The van der Waals surface area contributed by atoms with Gasteiger partial charge in [-0.15, -0.1) is 21.5 Å². The van der Waals surface area contributed by atoms with Gasteiger partial charge in [-0.25, -0.2) is 14.6 Å². The van der Waals surface area contributed by atoms with Crippen molar-refractivity contribution in [2.75, 3.05) is 11.6 Å². The van der Waals surface area contributed by atoms with E-state index in [1.807, 2.05) is 0 Å². The minimum absolute atomic E-state index is 0.476. The molecule has 0 saturated carbocycles. The zero-order valence-corrected chi connectivity index (χ0v) is 16.0. The molecule has 0 unspecified atom stereocenters. The van der Waals surface area contributed by atoms with Gasteiger partial charge in [0.15, 0.2) is 5.76 Å². The summed E-state index contributed by atoms with van der Waals surface area (Å²) >= 11 is 3.16. The Hall–Kier alpha value is -2.59. The number of hydrogen-bond donors (Lipinski definition) is 2. The van der Waals surface area contributed by atoms with Gasteiger partial charge in [0.1, 0.15) is 16.5 Å². The first-order chi connectivity index (χ1) is 13.2. The van der Waals surface area contributed by atoms with E-state index < -0.39 is 0 Å². The average molecular weight is 400 g/mol. The standard InChI is InChI=1S/C17H17N7OS2/c18-14-13-9-4-1-2-6-11(9)27-16(13)21-12(20-14)8-26-17-23-22-15(24(17)19)10-5-3-7-25-10/h3,5,7H,1-2,4,6,8,19H2,(H2,18,20,21). The Labute approximate surface area is 163 Å². The smallest absolute Gasteiger partial charge is 0.218 e. The fourth-order valence-corrected chi connectivity index (χ4v) is 5.37. The number of anilines is 1. The third kappa shape index (κ3) is 2.85. The summed E-state index contributed by atoms with van der Waals surface area (Å²) < 4.78 is 6.74. The van der Waals surface area contributed by atoms with E-state index in [0.717, 1.165) is 23.1 Å². The summed E-state index contributed by atoms with van der Waals surface area (Å²) in [5.74, 6) is 8.89. The molecule has 1 aliphatic carbocycles. The molecule has 4 aromatic rings. The predicted octanol–water partition coefficient (Wildman–Crippen LogP) is 3.01. The maximum absolute atomic E-state index is 6.27. The molecule has 27 heavy (non-hydrogen) atoms. The molecule has 4 aromatic heterocycles. The SMILES string of the molecule is Nc1nc(CSc2nnc(-c3ccco3)n2N)nc2sc3c(c12)CCCC3. The molecule has 0 fully saturated rings. The fraction of sp³-hybridized carbons (Fsp3) is 0.294. The third-order valence-electron chi connectivity index (χ3n) is 4.63. The summed E-state index contributed by atoms with van der Waals surface area (Å²) in [6.45, 7) is 0. The number of thiophene rings is 1. The minimum atomic E-state index is 0.476.